The van der Waals surface area contributed by atoms with Gasteiger partial charge in [0.05, 0.1) is 5.69 Å². The largest absolute Gasteiger partial charge is 0.368 e. The molecule has 0 saturated carbocycles. The maximum absolute atomic E-state index is 12.5. The number of amides is 1. The maximum Gasteiger partial charge on any atom is 0.267 e. The molecule has 0 bridgehead atoms. The average molecular weight is 317 g/mol. The number of carbonyl (C=O) groups is 1. The van der Waals surface area contributed by atoms with Crippen LogP contribution in [0, 0.1) is 20.8 Å². The first-order chi connectivity index (χ1) is 10.5. The molecule has 0 atom stereocenters. The number of hydrogen-bond donors (Lipinski definition) is 0. The summed E-state index contributed by atoms with van der Waals surface area (Å²) in [6.07, 6.45) is 0. The minimum absolute atomic E-state index is 0.0502. The number of piperazine rings is 1. The van der Waals surface area contributed by atoms with Crippen LogP contribution in [-0.4, -0.2) is 51.6 Å². The first-order valence-corrected chi connectivity index (χ1v) is 8.10. The smallest absolute Gasteiger partial charge is 0.267 e. The lowest BCUT2D eigenvalue weighted by Crippen LogP contribution is -2.48. The fourth-order valence-electron chi connectivity index (χ4n) is 2.73. The highest BCUT2D eigenvalue weighted by Crippen LogP contribution is 2.20. The van der Waals surface area contributed by atoms with E-state index in [1.165, 1.54) is 17.2 Å². The topological polar surface area (TPSA) is 62.2 Å². The lowest BCUT2D eigenvalue weighted by Gasteiger charge is -2.36. The van der Waals surface area contributed by atoms with E-state index in [0.717, 1.165) is 43.3 Å². The van der Waals surface area contributed by atoms with Crippen molar-refractivity contribution in [3.05, 3.63) is 34.1 Å². The van der Waals surface area contributed by atoms with Crippen LogP contribution in [0.2, 0.25) is 0 Å². The van der Waals surface area contributed by atoms with Gasteiger partial charge in [-0.25, -0.2) is 0 Å². The highest BCUT2D eigenvalue weighted by molar-refractivity contribution is 7.07. The van der Waals surface area contributed by atoms with Crippen LogP contribution in [0.1, 0.15) is 26.8 Å². The van der Waals surface area contributed by atoms with Crippen LogP contribution >= 0.6 is 11.5 Å². The number of rotatable bonds is 2. The molecule has 0 radical (unpaired) electrons. The van der Waals surface area contributed by atoms with Gasteiger partial charge in [0.25, 0.3) is 5.91 Å². The van der Waals surface area contributed by atoms with Gasteiger partial charge in [-0.2, -0.15) is 0 Å². The Labute approximate surface area is 133 Å². The van der Waals surface area contributed by atoms with E-state index in [0.29, 0.717) is 4.88 Å². The van der Waals surface area contributed by atoms with Crippen molar-refractivity contribution >= 4 is 23.1 Å². The van der Waals surface area contributed by atoms with Gasteiger partial charge in [-0.05, 0) is 44.4 Å². The van der Waals surface area contributed by atoms with Gasteiger partial charge >= 0.3 is 0 Å². The van der Waals surface area contributed by atoms with Crippen molar-refractivity contribution in [1.82, 2.24) is 19.5 Å². The fraction of sp³-hybridized carbons (Fsp3) is 0.467. The lowest BCUT2D eigenvalue weighted by molar-refractivity contribution is 0.0750. The molecular weight excluding hydrogens is 298 g/mol. The van der Waals surface area contributed by atoms with Gasteiger partial charge in [0.1, 0.15) is 4.88 Å². The lowest BCUT2D eigenvalue weighted by atomic mass is 10.2. The summed E-state index contributed by atoms with van der Waals surface area (Å²) in [5.41, 5.74) is 3.96. The van der Waals surface area contributed by atoms with Gasteiger partial charge in [-0.3, -0.25) is 9.78 Å². The molecule has 1 saturated heterocycles. The molecule has 2 aromatic rings. The predicted molar refractivity (Wildman–Crippen MR) is 86.5 cm³/mol. The highest BCUT2D eigenvalue weighted by Gasteiger charge is 2.25. The van der Waals surface area contributed by atoms with Crippen LogP contribution in [0.15, 0.2) is 12.1 Å². The molecule has 0 spiro atoms. The minimum Gasteiger partial charge on any atom is -0.368 e. The average Bonchev–Trinajstić information content (AvgIpc) is 2.92. The van der Waals surface area contributed by atoms with Gasteiger partial charge in [-0.15, -0.1) is 5.10 Å². The molecular formula is C15H19N5OS. The standard InChI is InChI=1S/C15H19N5OS/c1-10-8-13(9-11(2)16-10)19-4-6-20(7-5-19)15(21)14-12(3)17-18-22-14/h8-9H,4-7H2,1-3H3. The maximum atomic E-state index is 12.5. The Kier molecular flexibility index (Phi) is 4.06. The molecule has 0 aromatic carbocycles. The molecule has 7 heteroatoms. The SMILES string of the molecule is Cc1cc(N2CCN(C(=O)c3snnc3C)CC2)cc(C)n1. The normalized spacial score (nSPS) is 15.2. The van der Waals surface area contributed by atoms with Gasteiger partial charge in [0.2, 0.25) is 0 Å². The monoisotopic (exact) mass is 317 g/mol. The van der Waals surface area contributed by atoms with Crippen molar-refractivity contribution in [1.29, 1.82) is 0 Å². The van der Waals surface area contributed by atoms with E-state index in [2.05, 4.69) is 31.6 Å². The van der Waals surface area contributed by atoms with Crippen molar-refractivity contribution in [3.63, 3.8) is 0 Å². The fourth-order valence-corrected chi connectivity index (χ4v) is 3.36. The van der Waals surface area contributed by atoms with Crippen molar-refractivity contribution in [2.24, 2.45) is 0 Å². The molecule has 6 nitrogen and oxygen atoms in total. The van der Waals surface area contributed by atoms with E-state index in [4.69, 9.17) is 0 Å². The molecule has 116 valence electrons. The predicted octanol–water partition coefficient (Wildman–Crippen LogP) is 1.82. The quantitative estimate of drug-likeness (QED) is 0.845. The zero-order valence-corrected chi connectivity index (χ0v) is 13.9. The van der Waals surface area contributed by atoms with Crippen LogP contribution in [0.25, 0.3) is 0 Å². The summed E-state index contributed by atoms with van der Waals surface area (Å²) in [5.74, 6) is 0.0502. The minimum atomic E-state index is 0.0502. The first-order valence-electron chi connectivity index (χ1n) is 7.33. The van der Waals surface area contributed by atoms with Crippen LogP contribution < -0.4 is 4.90 Å². The van der Waals surface area contributed by atoms with Gasteiger partial charge in [0, 0.05) is 43.3 Å². The number of carbonyl (C=O) groups excluding carboxylic acids is 1. The Balaban J connectivity index is 1.67. The Morgan fingerprint density at radius 3 is 2.27 bits per heavy atom. The number of hydrogen-bond acceptors (Lipinski definition) is 6. The summed E-state index contributed by atoms with van der Waals surface area (Å²) in [5, 5.41) is 3.92. The number of aromatic nitrogens is 3. The zero-order valence-electron chi connectivity index (χ0n) is 13.0. The third-order valence-corrected chi connectivity index (χ3v) is 4.66. The Morgan fingerprint density at radius 2 is 1.73 bits per heavy atom. The Bertz CT molecular complexity index is 671. The summed E-state index contributed by atoms with van der Waals surface area (Å²) in [7, 11) is 0. The molecule has 22 heavy (non-hydrogen) atoms. The molecule has 1 fully saturated rings. The van der Waals surface area contributed by atoms with Gasteiger partial charge < -0.3 is 9.80 Å². The van der Waals surface area contributed by atoms with E-state index >= 15 is 0 Å². The summed E-state index contributed by atoms with van der Waals surface area (Å²) in [6.45, 7) is 8.95. The number of pyridine rings is 1. The first kappa shape index (κ1) is 14.9. The van der Waals surface area contributed by atoms with Crippen molar-refractivity contribution in [2.45, 2.75) is 20.8 Å². The molecule has 2 aromatic heterocycles. The van der Waals surface area contributed by atoms with E-state index in [-0.39, 0.29) is 5.91 Å². The highest BCUT2D eigenvalue weighted by atomic mass is 32.1. The molecule has 3 rings (SSSR count). The summed E-state index contributed by atoms with van der Waals surface area (Å²) in [6, 6.07) is 4.20. The van der Waals surface area contributed by atoms with E-state index in [1.807, 2.05) is 25.7 Å². The van der Waals surface area contributed by atoms with Crippen LogP contribution in [0.4, 0.5) is 5.69 Å². The third-order valence-electron chi connectivity index (χ3n) is 3.84. The zero-order chi connectivity index (χ0) is 15.7. The number of nitrogens with zero attached hydrogens (tertiary/aromatic N) is 5. The summed E-state index contributed by atoms with van der Waals surface area (Å²) < 4.78 is 3.85. The Hall–Kier alpha value is -2.02. The van der Waals surface area contributed by atoms with Crippen molar-refractivity contribution in [2.75, 3.05) is 31.1 Å². The molecule has 1 amide bonds. The molecule has 0 unspecified atom stereocenters. The summed E-state index contributed by atoms with van der Waals surface area (Å²) in [4.78, 5) is 21.7. The molecule has 1 aliphatic heterocycles. The molecule has 0 N–H and O–H groups in total. The van der Waals surface area contributed by atoms with Crippen LogP contribution in [-0.2, 0) is 0 Å². The van der Waals surface area contributed by atoms with Crippen LogP contribution in [0.3, 0.4) is 0 Å². The van der Waals surface area contributed by atoms with E-state index < -0.39 is 0 Å². The van der Waals surface area contributed by atoms with Crippen molar-refractivity contribution in [3.8, 4) is 0 Å². The molecule has 0 aliphatic carbocycles. The molecule has 1 aliphatic rings. The van der Waals surface area contributed by atoms with E-state index in [1.54, 1.807) is 0 Å². The van der Waals surface area contributed by atoms with Gasteiger partial charge in [0.15, 0.2) is 0 Å². The second-order valence-electron chi connectivity index (χ2n) is 5.57. The van der Waals surface area contributed by atoms with Crippen LogP contribution in [0.5, 0.6) is 0 Å². The second kappa shape index (κ2) is 6.00. The number of anilines is 1. The summed E-state index contributed by atoms with van der Waals surface area (Å²) >= 11 is 1.18. The van der Waals surface area contributed by atoms with Crippen molar-refractivity contribution < 1.29 is 4.79 Å². The molecule has 3 heterocycles. The number of aryl methyl sites for hydroxylation is 3. The van der Waals surface area contributed by atoms with Gasteiger partial charge in [-0.1, -0.05) is 4.49 Å². The Morgan fingerprint density at radius 1 is 1.09 bits per heavy atom. The van der Waals surface area contributed by atoms with E-state index in [9.17, 15) is 4.79 Å². The second-order valence-corrected chi connectivity index (χ2v) is 6.33. The third kappa shape index (κ3) is 2.94.